The molecule has 5 nitrogen and oxygen atoms in total. The highest BCUT2D eigenvalue weighted by Crippen LogP contribution is 2.24. The van der Waals surface area contributed by atoms with Gasteiger partial charge in [-0.2, -0.15) is 13.2 Å². The van der Waals surface area contributed by atoms with Crippen molar-refractivity contribution in [1.29, 1.82) is 0 Å². The van der Waals surface area contributed by atoms with Gasteiger partial charge in [-0.1, -0.05) is 12.1 Å². The summed E-state index contributed by atoms with van der Waals surface area (Å²) >= 11 is 0. The smallest absolute Gasteiger partial charge is 0.471 e. The Hall–Kier alpha value is -2.74. The van der Waals surface area contributed by atoms with Crippen LogP contribution >= 0.6 is 0 Å². The summed E-state index contributed by atoms with van der Waals surface area (Å²) in [5.74, 6) is -0.109. The van der Waals surface area contributed by atoms with E-state index in [1.165, 1.54) is 18.2 Å². The Morgan fingerprint density at radius 1 is 0.812 bits per heavy atom. The molecule has 0 radical (unpaired) electrons. The number of hydrogen-bond acceptors (Lipinski definition) is 4. The van der Waals surface area contributed by atoms with Gasteiger partial charge in [0.1, 0.15) is 11.5 Å². The van der Waals surface area contributed by atoms with E-state index in [1.807, 2.05) is 18.2 Å². The van der Waals surface area contributed by atoms with E-state index in [0.29, 0.717) is 18.6 Å². The lowest BCUT2D eigenvalue weighted by Crippen LogP contribution is -2.42. The van der Waals surface area contributed by atoms with Gasteiger partial charge in [-0.25, -0.2) is 0 Å². The number of hydrogen-bond donors (Lipinski definition) is 1. The van der Waals surface area contributed by atoms with Crippen LogP contribution < -0.4 is 14.8 Å². The van der Waals surface area contributed by atoms with Gasteiger partial charge in [0.15, 0.2) is 0 Å². The second-order valence-electron chi connectivity index (χ2n) is 7.81. The highest BCUT2D eigenvalue weighted by molar-refractivity contribution is 5.82. The minimum atomic E-state index is -4.80. The molecular formula is C24H29F3N2O3. The van der Waals surface area contributed by atoms with Crippen LogP contribution in [-0.4, -0.2) is 57.4 Å². The molecule has 0 fully saturated rings. The normalized spacial score (nSPS) is 15.8. The maximum absolute atomic E-state index is 12.4. The van der Waals surface area contributed by atoms with Crippen molar-refractivity contribution in [2.75, 3.05) is 40.4 Å². The number of nitrogens with one attached hydrogen (secondary N) is 1. The molecule has 4 rings (SSSR count). The van der Waals surface area contributed by atoms with E-state index in [1.54, 1.807) is 13.2 Å². The molecule has 8 heteroatoms. The zero-order chi connectivity index (χ0) is 23.1. The molecule has 174 valence electrons. The molecule has 0 aromatic heterocycles. The van der Waals surface area contributed by atoms with Crippen LogP contribution in [0, 0.1) is 0 Å². The quantitative estimate of drug-likeness (QED) is 0.760. The van der Waals surface area contributed by atoms with Gasteiger partial charge in [0, 0.05) is 13.1 Å². The fraction of sp³-hybridized carbons (Fsp3) is 0.458. The molecule has 2 aliphatic rings. The molecule has 0 bridgehead atoms. The molecule has 0 atom stereocenters. The first-order valence-electron chi connectivity index (χ1n) is 10.7. The molecule has 1 N–H and O–H groups in total. The molecule has 0 aliphatic carbocycles. The third-order valence-electron chi connectivity index (χ3n) is 5.80. The topological polar surface area (TPSA) is 50.8 Å². The van der Waals surface area contributed by atoms with Crippen molar-refractivity contribution < 1.29 is 27.4 Å². The largest absolute Gasteiger partial charge is 0.497 e. The van der Waals surface area contributed by atoms with E-state index in [4.69, 9.17) is 9.47 Å². The number of carbonyl (C=O) groups excluding carboxylic acids is 1. The van der Waals surface area contributed by atoms with Gasteiger partial charge >= 0.3 is 12.1 Å². The first-order valence-corrected chi connectivity index (χ1v) is 10.7. The summed E-state index contributed by atoms with van der Waals surface area (Å²) in [5.41, 5.74) is 4.81. The zero-order valence-electron chi connectivity index (χ0n) is 18.4. The lowest BCUT2D eigenvalue weighted by molar-refractivity contribution is -0.185. The van der Waals surface area contributed by atoms with E-state index in [-0.39, 0.29) is 13.1 Å². The van der Waals surface area contributed by atoms with Crippen LogP contribution in [0.5, 0.6) is 11.5 Å². The Balaban J connectivity index is 0.000000193. The molecule has 2 aromatic carbocycles. The number of fused-ring (bicyclic) bond motifs is 2. The molecule has 1 amide bonds. The molecule has 0 unspecified atom stereocenters. The SMILES string of the molecule is COc1ccc2c(c1)CCN(C(=O)C(F)(F)F)CC2.COc1ccc2c(c1)CCNCC2. The lowest BCUT2D eigenvalue weighted by atomic mass is 10.0. The fourth-order valence-corrected chi connectivity index (χ4v) is 3.99. The minimum absolute atomic E-state index is 0.0819. The minimum Gasteiger partial charge on any atom is -0.497 e. The summed E-state index contributed by atoms with van der Waals surface area (Å²) < 4.78 is 47.5. The van der Waals surface area contributed by atoms with Gasteiger partial charge in [-0.3, -0.25) is 4.79 Å². The number of amides is 1. The first-order chi connectivity index (χ1) is 15.3. The summed E-state index contributed by atoms with van der Waals surface area (Å²) in [6.07, 6.45) is -1.70. The molecule has 2 heterocycles. The molecule has 2 aromatic rings. The van der Waals surface area contributed by atoms with Crippen LogP contribution in [0.4, 0.5) is 13.2 Å². The van der Waals surface area contributed by atoms with Crippen molar-refractivity contribution in [2.24, 2.45) is 0 Å². The molecule has 2 aliphatic heterocycles. The zero-order valence-corrected chi connectivity index (χ0v) is 18.4. The average molecular weight is 451 g/mol. The average Bonchev–Trinajstić information content (AvgIpc) is 3.15. The van der Waals surface area contributed by atoms with Crippen molar-refractivity contribution in [3.05, 3.63) is 58.7 Å². The summed E-state index contributed by atoms with van der Waals surface area (Å²) in [5, 5.41) is 3.39. The van der Waals surface area contributed by atoms with Crippen LogP contribution in [0.3, 0.4) is 0 Å². The number of benzene rings is 2. The van der Waals surface area contributed by atoms with Gasteiger partial charge in [0.2, 0.25) is 0 Å². The van der Waals surface area contributed by atoms with Crippen LogP contribution in [-0.2, 0) is 30.5 Å². The number of methoxy groups -OCH3 is 2. The summed E-state index contributed by atoms with van der Waals surface area (Å²) in [7, 11) is 3.26. The summed E-state index contributed by atoms with van der Waals surface area (Å²) in [6, 6.07) is 11.8. The second kappa shape index (κ2) is 10.7. The van der Waals surface area contributed by atoms with Crippen molar-refractivity contribution in [3.8, 4) is 11.5 Å². The molecule has 0 saturated carbocycles. The van der Waals surface area contributed by atoms with E-state index < -0.39 is 12.1 Å². The van der Waals surface area contributed by atoms with Gasteiger partial charge in [-0.15, -0.1) is 0 Å². The molecular weight excluding hydrogens is 421 g/mol. The van der Waals surface area contributed by atoms with Gasteiger partial charge in [0.25, 0.3) is 0 Å². The Kier molecular flexibility index (Phi) is 8.01. The van der Waals surface area contributed by atoms with E-state index in [0.717, 1.165) is 47.7 Å². The van der Waals surface area contributed by atoms with Gasteiger partial charge < -0.3 is 19.7 Å². The highest BCUT2D eigenvalue weighted by Gasteiger charge is 2.42. The van der Waals surface area contributed by atoms with Crippen LogP contribution in [0.1, 0.15) is 22.3 Å². The predicted molar refractivity (Wildman–Crippen MR) is 116 cm³/mol. The number of nitrogens with zero attached hydrogens (tertiary/aromatic N) is 1. The third kappa shape index (κ3) is 6.16. The standard InChI is InChI=1S/C13H14F3NO2.C11H15NO/c1-19-11-3-2-9-4-6-17(7-5-10(9)8-11)12(18)13(14,15)16;1-13-11-3-2-9-4-6-12-7-5-10(9)8-11/h2-3,8H,4-7H2,1H3;2-3,8,12H,4-7H2,1H3. The van der Waals surface area contributed by atoms with E-state index in [2.05, 4.69) is 17.4 Å². The Morgan fingerprint density at radius 3 is 1.81 bits per heavy atom. The predicted octanol–water partition coefficient (Wildman–Crippen LogP) is 3.57. The van der Waals surface area contributed by atoms with Crippen molar-refractivity contribution in [1.82, 2.24) is 10.2 Å². The monoisotopic (exact) mass is 450 g/mol. The van der Waals surface area contributed by atoms with Crippen LogP contribution in [0.2, 0.25) is 0 Å². The van der Waals surface area contributed by atoms with Gasteiger partial charge in [-0.05, 0) is 85.3 Å². The Bertz CT molecular complexity index is 931. The van der Waals surface area contributed by atoms with Crippen LogP contribution in [0.25, 0.3) is 0 Å². The molecule has 0 spiro atoms. The first kappa shape index (κ1) is 23.9. The summed E-state index contributed by atoms with van der Waals surface area (Å²) in [6.45, 7) is 2.36. The maximum atomic E-state index is 12.4. The third-order valence-corrected chi connectivity index (χ3v) is 5.80. The van der Waals surface area contributed by atoms with E-state index in [9.17, 15) is 18.0 Å². The fourth-order valence-electron chi connectivity index (χ4n) is 3.99. The molecule has 0 saturated heterocycles. The lowest BCUT2D eigenvalue weighted by Gasteiger charge is -2.21. The number of ether oxygens (including phenoxy) is 2. The maximum Gasteiger partial charge on any atom is 0.471 e. The number of carbonyl (C=O) groups is 1. The summed E-state index contributed by atoms with van der Waals surface area (Å²) in [4.78, 5) is 12.1. The van der Waals surface area contributed by atoms with Crippen molar-refractivity contribution in [2.45, 2.75) is 31.9 Å². The van der Waals surface area contributed by atoms with Crippen molar-refractivity contribution >= 4 is 5.91 Å². The highest BCUT2D eigenvalue weighted by atomic mass is 19.4. The number of halogens is 3. The van der Waals surface area contributed by atoms with Gasteiger partial charge in [0.05, 0.1) is 14.2 Å². The Labute approximate surface area is 186 Å². The number of rotatable bonds is 2. The molecule has 32 heavy (non-hydrogen) atoms. The van der Waals surface area contributed by atoms with Crippen molar-refractivity contribution in [3.63, 3.8) is 0 Å². The number of alkyl halides is 3. The van der Waals surface area contributed by atoms with E-state index >= 15 is 0 Å². The second-order valence-corrected chi connectivity index (χ2v) is 7.81. The van der Waals surface area contributed by atoms with Crippen LogP contribution in [0.15, 0.2) is 36.4 Å². The Morgan fingerprint density at radius 2 is 1.28 bits per heavy atom.